The van der Waals surface area contributed by atoms with Crippen LogP contribution in [0.4, 0.5) is 0 Å². The van der Waals surface area contributed by atoms with Gasteiger partial charge in [0.1, 0.15) is 5.76 Å². The number of benzene rings is 2. The lowest BCUT2D eigenvalue weighted by molar-refractivity contribution is -0.202. The van der Waals surface area contributed by atoms with E-state index in [1.165, 1.54) is 6.92 Å². The zero-order chi connectivity index (χ0) is 29.2. The van der Waals surface area contributed by atoms with E-state index in [1.807, 2.05) is 73.7 Å². The third-order valence-electron chi connectivity index (χ3n) is 6.07. The summed E-state index contributed by atoms with van der Waals surface area (Å²) in [6, 6.07) is 24.1. The molecule has 1 aromatic heterocycles. The normalized spacial score (nSPS) is 11.7. The van der Waals surface area contributed by atoms with Gasteiger partial charge in [-0.2, -0.15) is 5.06 Å². The van der Waals surface area contributed by atoms with E-state index in [0.29, 0.717) is 25.0 Å². The molecule has 40 heavy (non-hydrogen) atoms. The highest BCUT2D eigenvalue weighted by Crippen LogP contribution is 2.23. The lowest BCUT2D eigenvalue weighted by atomic mass is 9.90. The molecule has 0 aliphatic carbocycles. The van der Waals surface area contributed by atoms with Gasteiger partial charge in [-0.3, -0.25) is 19.2 Å². The molecular formula is C31H39N3O6. The molecule has 214 valence electrons. The number of nitrogens with one attached hydrogen (secondary N) is 2. The van der Waals surface area contributed by atoms with Gasteiger partial charge < -0.3 is 19.9 Å². The van der Waals surface area contributed by atoms with Gasteiger partial charge in [-0.25, -0.2) is 0 Å². The van der Waals surface area contributed by atoms with E-state index >= 15 is 0 Å². The molecule has 0 aliphatic rings. The summed E-state index contributed by atoms with van der Waals surface area (Å²) in [5.74, 6) is -1.36. The average molecular weight is 550 g/mol. The number of carbonyl (C=O) groups is 4. The van der Waals surface area contributed by atoms with Gasteiger partial charge in [-0.1, -0.05) is 99.8 Å². The monoisotopic (exact) mass is 549 g/mol. The van der Waals surface area contributed by atoms with E-state index in [1.54, 1.807) is 12.1 Å². The number of furan rings is 1. The van der Waals surface area contributed by atoms with Gasteiger partial charge in [-0.05, 0) is 25.0 Å². The number of unbranched alkanes of at least 4 members (excludes halogenated alkanes) is 2. The van der Waals surface area contributed by atoms with Gasteiger partial charge in [0, 0.05) is 12.5 Å². The highest BCUT2D eigenvalue weighted by molar-refractivity contribution is 5.92. The summed E-state index contributed by atoms with van der Waals surface area (Å²) in [5, 5.41) is 6.22. The highest BCUT2D eigenvalue weighted by atomic mass is 16.7. The number of amides is 3. The molecule has 0 saturated carbocycles. The van der Waals surface area contributed by atoms with Gasteiger partial charge in [0.25, 0.3) is 5.91 Å². The molecule has 1 heterocycles. The van der Waals surface area contributed by atoms with E-state index < -0.39 is 23.8 Å². The minimum absolute atomic E-state index is 0.117. The molecule has 0 spiro atoms. The maximum absolute atomic E-state index is 13.0. The van der Waals surface area contributed by atoms with Gasteiger partial charge >= 0.3 is 5.97 Å². The third-order valence-corrected chi connectivity index (χ3v) is 6.07. The zero-order valence-corrected chi connectivity index (χ0v) is 23.4. The fourth-order valence-electron chi connectivity index (χ4n) is 4.10. The van der Waals surface area contributed by atoms with E-state index in [-0.39, 0.29) is 18.3 Å². The molecule has 0 bridgehead atoms. The molecule has 0 radical (unpaired) electrons. The first-order valence-corrected chi connectivity index (χ1v) is 13.5. The van der Waals surface area contributed by atoms with Crippen LogP contribution in [0.15, 0.2) is 83.3 Å². The molecule has 0 aliphatic heterocycles. The molecule has 1 unspecified atom stereocenters. The first-order valence-electron chi connectivity index (χ1n) is 13.5. The number of hydroxylamine groups is 2. The van der Waals surface area contributed by atoms with Crippen molar-refractivity contribution >= 4 is 24.2 Å². The first kappa shape index (κ1) is 31.8. The van der Waals surface area contributed by atoms with Crippen molar-refractivity contribution in [2.75, 3.05) is 6.67 Å². The van der Waals surface area contributed by atoms with Crippen molar-refractivity contribution in [1.82, 2.24) is 15.7 Å². The number of rotatable bonds is 14. The summed E-state index contributed by atoms with van der Waals surface area (Å²) >= 11 is 0. The Kier molecular flexibility index (Phi) is 14.3. The molecule has 0 saturated heterocycles. The van der Waals surface area contributed by atoms with E-state index in [9.17, 15) is 19.2 Å². The summed E-state index contributed by atoms with van der Waals surface area (Å²) in [5.41, 5.74) is 0.850. The topological polar surface area (TPSA) is 118 Å². The smallest absolute Gasteiger partial charge is 0.329 e. The molecule has 2 N–H and O–H groups in total. The Morgan fingerprint density at radius 2 is 1.52 bits per heavy atom. The van der Waals surface area contributed by atoms with Crippen molar-refractivity contribution < 1.29 is 28.4 Å². The maximum atomic E-state index is 13.0. The molecule has 3 aromatic rings. The number of nitrogens with zero attached hydrogens (tertiary/aromatic N) is 1. The standard InChI is InChI=1S/C25H33N3O6.C6H6/c1-4-6-8-13-20(21(5-2)28(17-29)34-18(3)30)24(31)26-16-27-25(32)23-15-14-22(33-23)19-11-9-7-10-12-19;1-2-4-6-5-3-1/h7,9-12,14-15,17,20-21H,4-6,8,13,16H2,1-3H3,(H,26,31)(H,27,32);1-6H/t20?,21-;/m1./s1. The predicted molar refractivity (Wildman–Crippen MR) is 152 cm³/mol. The molecule has 3 rings (SSSR count). The van der Waals surface area contributed by atoms with Crippen LogP contribution in [-0.2, 0) is 19.2 Å². The van der Waals surface area contributed by atoms with Crippen molar-refractivity contribution in [1.29, 1.82) is 0 Å². The van der Waals surface area contributed by atoms with Crippen LogP contribution in [0, 0.1) is 5.92 Å². The summed E-state index contributed by atoms with van der Waals surface area (Å²) in [7, 11) is 0. The van der Waals surface area contributed by atoms with Crippen LogP contribution >= 0.6 is 0 Å². The van der Waals surface area contributed by atoms with Crippen LogP contribution in [0.25, 0.3) is 11.3 Å². The van der Waals surface area contributed by atoms with Crippen molar-refractivity contribution in [3.63, 3.8) is 0 Å². The Hall–Kier alpha value is -4.40. The lowest BCUT2D eigenvalue weighted by Crippen LogP contribution is -2.48. The Balaban J connectivity index is 0.000000821. The van der Waals surface area contributed by atoms with Crippen LogP contribution in [-0.4, -0.2) is 42.0 Å². The van der Waals surface area contributed by atoms with Gasteiger partial charge in [-0.15, -0.1) is 0 Å². The summed E-state index contributed by atoms with van der Waals surface area (Å²) in [6.45, 7) is 4.95. The molecule has 9 nitrogen and oxygen atoms in total. The fourth-order valence-corrected chi connectivity index (χ4v) is 4.10. The van der Waals surface area contributed by atoms with Gasteiger partial charge in [0.05, 0.1) is 18.6 Å². The molecule has 2 aromatic carbocycles. The summed E-state index contributed by atoms with van der Waals surface area (Å²) < 4.78 is 5.62. The second-order valence-corrected chi connectivity index (χ2v) is 9.03. The Morgan fingerprint density at radius 3 is 2.08 bits per heavy atom. The second kappa shape index (κ2) is 18.0. The van der Waals surface area contributed by atoms with E-state index in [2.05, 4.69) is 17.6 Å². The predicted octanol–water partition coefficient (Wildman–Crippen LogP) is 5.35. The van der Waals surface area contributed by atoms with Crippen molar-refractivity contribution in [2.45, 2.75) is 58.9 Å². The van der Waals surface area contributed by atoms with Crippen LogP contribution in [0.3, 0.4) is 0 Å². The van der Waals surface area contributed by atoms with E-state index in [0.717, 1.165) is 29.9 Å². The molecule has 9 heteroatoms. The quantitative estimate of drug-likeness (QED) is 0.121. The Labute approximate surface area is 235 Å². The SMILES string of the molecule is CCCCCC(C(=O)NCNC(=O)c1ccc(-c2ccccc2)o1)[C@@H](CC)N(C=O)OC(C)=O.c1ccccc1. The molecule has 0 fully saturated rings. The number of hydrogen-bond donors (Lipinski definition) is 2. The van der Waals surface area contributed by atoms with Gasteiger partial charge in [0.2, 0.25) is 12.3 Å². The van der Waals surface area contributed by atoms with Crippen LogP contribution in [0.2, 0.25) is 0 Å². The van der Waals surface area contributed by atoms with Gasteiger partial charge in [0.15, 0.2) is 5.76 Å². The van der Waals surface area contributed by atoms with E-state index in [4.69, 9.17) is 9.25 Å². The van der Waals surface area contributed by atoms with Crippen molar-refractivity contribution in [3.05, 3.63) is 84.6 Å². The minimum atomic E-state index is -0.640. The minimum Gasteiger partial charge on any atom is -0.451 e. The number of hydrogen-bond acceptors (Lipinski definition) is 6. The Bertz CT molecular complexity index is 1140. The number of carbonyl (C=O) groups excluding carboxylic acids is 4. The molecule has 2 atom stereocenters. The third kappa shape index (κ3) is 10.8. The van der Waals surface area contributed by atoms with Crippen LogP contribution in [0.5, 0.6) is 0 Å². The second-order valence-electron chi connectivity index (χ2n) is 9.03. The highest BCUT2D eigenvalue weighted by Gasteiger charge is 2.33. The average Bonchev–Trinajstić information content (AvgIpc) is 3.48. The molecule has 3 amide bonds. The van der Waals surface area contributed by atoms with Crippen molar-refractivity contribution in [2.24, 2.45) is 5.92 Å². The Morgan fingerprint density at radius 1 is 0.900 bits per heavy atom. The van der Waals surface area contributed by atoms with Crippen molar-refractivity contribution in [3.8, 4) is 11.3 Å². The molecular weight excluding hydrogens is 510 g/mol. The summed E-state index contributed by atoms with van der Waals surface area (Å²) in [6.07, 6.45) is 4.01. The summed E-state index contributed by atoms with van der Waals surface area (Å²) in [4.78, 5) is 53.3. The lowest BCUT2D eigenvalue weighted by Gasteiger charge is -2.31. The zero-order valence-electron chi connectivity index (χ0n) is 23.4. The first-order chi connectivity index (χ1) is 19.4. The van der Waals surface area contributed by atoms with Crippen LogP contribution < -0.4 is 10.6 Å². The maximum Gasteiger partial charge on any atom is 0.329 e. The largest absolute Gasteiger partial charge is 0.451 e. The van der Waals surface area contributed by atoms with Crippen LogP contribution in [0.1, 0.15) is 63.4 Å². The fraction of sp³-hybridized carbons (Fsp3) is 0.355.